The van der Waals surface area contributed by atoms with Crippen LogP contribution in [-0.4, -0.2) is 29.3 Å². The molecule has 19 heavy (non-hydrogen) atoms. The molecule has 2 unspecified atom stereocenters. The minimum absolute atomic E-state index is 0.393. The Morgan fingerprint density at radius 2 is 2.05 bits per heavy atom. The first-order valence-electron chi connectivity index (χ1n) is 7.44. The van der Waals surface area contributed by atoms with Gasteiger partial charge >= 0.3 is 0 Å². The fourth-order valence-corrected chi connectivity index (χ4v) is 3.10. The van der Waals surface area contributed by atoms with Gasteiger partial charge in [0.2, 0.25) is 0 Å². The van der Waals surface area contributed by atoms with E-state index in [4.69, 9.17) is 10.5 Å². The monoisotopic (exact) mass is 265 g/mol. The van der Waals surface area contributed by atoms with Crippen molar-refractivity contribution >= 4 is 0 Å². The number of nitrogens with two attached hydrogens (primary N) is 1. The van der Waals surface area contributed by atoms with Gasteiger partial charge in [-0.1, -0.05) is 13.8 Å². The molecule has 0 amide bonds. The molecule has 1 aliphatic rings. The highest BCUT2D eigenvalue weighted by atomic mass is 16.5. The average molecular weight is 265 g/mol. The second kappa shape index (κ2) is 6.53. The first-order chi connectivity index (χ1) is 9.15. The number of rotatable bonds is 5. The van der Waals surface area contributed by atoms with E-state index in [0.29, 0.717) is 30.3 Å². The molecular weight excluding hydrogens is 238 g/mol. The van der Waals surface area contributed by atoms with Crippen LogP contribution in [0.3, 0.4) is 0 Å². The van der Waals surface area contributed by atoms with E-state index in [0.717, 1.165) is 26.1 Å². The first kappa shape index (κ1) is 14.5. The number of ether oxygens (including phenoxy) is 1. The fraction of sp³-hybridized carbons (Fsp3) is 0.800. The molecule has 0 aromatic carbocycles. The summed E-state index contributed by atoms with van der Waals surface area (Å²) >= 11 is 0. The van der Waals surface area contributed by atoms with E-state index in [-0.39, 0.29) is 0 Å². The molecule has 2 rings (SSSR count). The minimum atomic E-state index is 0.393. The van der Waals surface area contributed by atoms with E-state index in [1.165, 1.54) is 5.69 Å². The fourth-order valence-electron chi connectivity index (χ4n) is 3.10. The molecule has 4 heteroatoms. The molecule has 108 valence electrons. The molecule has 0 aliphatic carbocycles. The standard InChI is InChI=1S/C15H27N3O/c1-11(2)14(8-16)15-9-17-10-18(15)12(3)13-4-6-19-7-5-13/h9-14H,4-8,16H2,1-3H3. The third kappa shape index (κ3) is 3.18. The van der Waals surface area contributed by atoms with Gasteiger partial charge in [0.1, 0.15) is 0 Å². The van der Waals surface area contributed by atoms with Crippen LogP contribution in [0.15, 0.2) is 12.5 Å². The van der Waals surface area contributed by atoms with E-state index in [1.54, 1.807) is 0 Å². The molecule has 0 bridgehead atoms. The Bertz CT molecular complexity index is 382. The molecule has 0 spiro atoms. The summed E-state index contributed by atoms with van der Waals surface area (Å²) in [5.74, 6) is 1.62. The average Bonchev–Trinajstić information content (AvgIpc) is 2.88. The highest BCUT2D eigenvalue weighted by Crippen LogP contribution is 2.32. The third-order valence-corrected chi connectivity index (χ3v) is 4.52. The largest absolute Gasteiger partial charge is 0.381 e. The van der Waals surface area contributed by atoms with Crippen LogP contribution < -0.4 is 5.73 Å². The number of nitrogens with zero attached hydrogens (tertiary/aromatic N) is 2. The van der Waals surface area contributed by atoms with Crippen molar-refractivity contribution in [2.24, 2.45) is 17.6 Å². The van der Waals surface area contributed by atoms with Crippen molar-refractivity contribution in [2.45, 2.75) is 45.6 Å². The summed E-state index contributed by atoms with van der Waals surface area (Å²) in [6.07, 6.45) is 6.26. The van der Waals surface area contributed by atoms with Crippen molar-refractivity contribution in [1.29, 1.82) is 0 Å². The molecular formula is C15H27N3O. The SMILES string of the molecule is CC(C)C(CN)c1cncn1C(C)C1CCOCC1. The summed E-state index contributed by atoms with van der Waals surface area (Å²) in [5, 5.41) is 0. The van der Waals surface area contributed by atoms with Crippen molar-refractivity contribution in [1.82, 2.24) is 9.55 Å². The maximum atomic E-state index is 5.95. The van der Waals surface area contributed by atoms with Gasteiger partial charge in [-0.3, -0.25) is 0 Å². The molecule has 2 heterocycles. The summed E-state index contributed by atoms with van der Waals surface area (Å²) in [7, 11) is 0. The molecule has 1 aliphatic heterocycles. The van der Waals surface area contributed by atoms with Crippen LogP contribution in [0.4, 0.5) is 0 Å². The normalized spacial score (nSPS) is 20.7. The Morgan fingerprint density at radius 3 is 2.63 bits per heavy atom. The number of imidazole rings is 1. The van der Waals surface area contributed by atoms with Gasteiger partial charge in [0.05, 0.1) is 6.33 Å². The number of hydrogen-bond donors (Lipinski definition) is 1. The van der Waals surface area contributed by atoms with Crippen LogP contribution in [0, 0.1) is 11.8 Å². The predicted octanol–water partition coefficient (Wildman–Crippen LogP) is 2.57. The van der Waals surface area contributed by atoms with Gasteiger partial charge in [-0.15, -0.1) is 0 Å². The molecule has 0 radical (unpaired) electrons. The lowest BCUT2D eigenvalue weighted by atomic mass is 9.89. The van der Waals surface area contributed by atoms with Gasteiger partial charge in [0.15, 0.2) is 0 Å². The highest BCUT2D eigenvalue weighted by Gasteiger charge is 2.26. The number of hydrogen-bond acceptors (Lipinski definition) is 3. The summed E-state index contributed by atoms with van der Waals surface area (Å²) in [5.41, 5.74) is 7.24. The molecule has 4 nitrogen and oxygen atoms in total. The van der Waals surface area contributed by atoms with Crippen LogP contribution in [0.5, 0.6) is 0 Å². The Labute approximate surface area is 116 Å². The highest BCUT2D eigenvalue weighted by molar-refractivity contribution is 5.09. The maximum Gasteiger partial charge on any atom is 0.0950 e. The van der Waals surface area contributed by atoms with E-state index in [1.807, 2.05) is 12.5 Å². The molecule has 1 aromatic rings. The second-order valence-corrected chi connectivity index (χ2v) is 6.00. The van der Waals surface area contributed by atoms with E-state index < -0.39 is 0 Å². The van der Waals surface area contributed by atoms with Gasteiger partial charge in [-0.25, -0.2) is 4.98 Å². The van der Waals surface area contributed by atoms with E-state index >= 15 is 0 Å². The van der Waals surface area contributed by atoms with Crippen LogP contribution >= 0.6 is 0 Å². The minimum Gasteiger partial charge on any atom is -0.381 e. The number of aromatic nitrogens is 2. The molecule has 0 saturated carbocycles. The predicted molar refractivity (Wildman–Crippen MR) is 77.1 cm³/mol. The lowest BCUT2D eigenvalue weighted by Gasteiger charge is -2.31. The Kier molecular flexibility index (Phi) is 4.99. The zero-order chi connectivity index (χ0) is 13.8. The lowest BCUT2D eigenvalue weighted by molar-refractivity contribution is 0.0507. The summed E-state index contributed by atoms with van der Waals surface area (Å²) < 4.78 is 7.80. The summed E-state index contributed by atoms with van der Waals surface area (Å²) in [4.78, 5) is 4.37. The molecule has 2 N–H and O–H groups in total. The Hall–Kier alpha value is -0.870. The van der Waals surface area contributed by atoms with Gasteiger partial charge in [0, 0.05) is 43.6 Å². The van der Waals surface area contributed by atoms with Crippen molar-refractivity contribution in [3.63, 3.8) is 0 Å². The third-order valence-electron chi connectivity index (χ3n) is 4.52. The van der Waals surface area contributed by atoms with Gasteiger partial charge < -0.3 is 15.0 Å². The van der Waals surface area contributed by atoms with Crippen LogP contribution in [0.1, 0.15) is 51.3 Å². The Balaban J connectivity index is 2.17. The topological polar surface area (TPSA) is 53.1 Å². The summed E-state index contributed by atoms with van der Waals surface area (Å²) in [6, 6.07) is 0.481. The van der Waals surface area contributed by atoms with Gasteiger partial charge in [0.25, 0.3) is 0 Å². The van der Waals surface area contributed by atoms with Crippen LogP contribution in [0.25, 0.3) is 0 Å². The van der Waals surface area contributed by atoms with Gasteiger partial charge in [-0.05, 0) is 31.6 Å². The lowest BCUT2D eigenvalue weighted by Crippen LogP contribution is -2.27. The second-order valence-electron chi connectivity index (χ2n) is 6.00. The zero-order valence-corrected chi connectivity index (χ0v) is 12.4. The van der Waals surface area contributed by atoms with Crippen molar-refractivity contribution in [3.05, 3.63) is 18.2 Å². The van der Waals surface area contributed by atoms with Crippen LogP contribution in [0.2, 0.25) is 0 Å². The van der Waals surface area contributed by atoms with Crippen molar-refractivity contribution in [2.75, 3.05) is 19.8 Å². The Morgan fingerprint density at radius 1 is 1.37 bits per heavy atom. The smallest absolute Gasteiger partial charge is 0.0950 e. The maximum absolute atomic E-state index is 5.95. The molecule has 2 atom stereocenters. The first-order valence-corrected chi connectivity index (χ1v) is 7.44. The zero-order valence-electron chi connectivity index (χ0n) is 12.4. The van der Waals surface area contributed by atoms with Crippen LogP contribution in [-0.2, 0) is 4.74 Å². The van der Waals surface area contributed by atoms with Gasteiger partial charge in [-0.2, -0.15) is 0 Å². The van der Waals surface area contributed by atoms with Crippen molar-refractivity contribution in [3.8, 4) is 0 Å². The summed E-state index contributed by atoms with van der Waals surface area (Å²) in [6.45, 7) is 9.23. The molecule has 1 fully saturated rings. The van der Waals surface area contributed by atoms with E-state index in [2.05, 4.69) is 30.3 Å². The molecule has 1 aromatic heterocycles. The molecule has 1 saturated heterocycles. The van der Waals surface area contributed by atoms with Crippen molar-refractivity contribution < 1.29 is 4.74 Å². The quantitative estimate of drug-likeness (QED) is 0.890. The van der Waals surface area contributed by atoms with E-state index in [9.17, 15) is 0 Å².